The van der Waals surface area contributed by atoms with E-state index in [4.69, 9.17) is 9.47 Å². The number of amides is 1. The van der Waals surface area contributed by atoms with Gasteiger partial charge in [0.25, 0.3) is 0 Å². The first-order chi connectivity index (χ1) is 14.2. The van der Waals surface area contributed by atoms with Crippen LogP contribution < -0.4 is 0 Å². The van der Waals surface area contributed by atoms with Crippen LogP contribution in [0.15, 0.2) is 36.4 Å². The Morgan fingerprint density at radius 3 is 2.43 bits per heavy atom. The molecule has 0 radical (unpaired) electrons. The minimum Gasteiger partial charge on any atom is -0.444 e. The van der Waals surface area contributed by atoms with Gasteiger partial charge in [-0.05, 0) is 80.0 Å². The third-order valence-corrected chi connectivity index (χ3v) is 6.09. The quantitative estimate of drug-likeness (QED) is 0.626. The summed E-state index contributed by atoms with van der Waals surface area (Å²) in [6.45, 7) is 9.36. The minimum absolute atomic E-state index is 0.160. The Hall–Kier alpha value is -2.40. The van der Waals surface area contributed by atoms with Gasteiger partial charge in [0.1, 0.15) is 11.4 Å². The number of halogens is 1. The lowest BCUT2D eigenvalue weighted by molar-refractivity contribution is -0.0797. The highest BCUT2D eigenvalue weighted by Gasteiger charge is 2.44. The van der Waals surface area contributed by atoms with Gasteiger partial charge in [-0.3, -0.25) is 0 Å². The number of aryl methyl sites for hydroxylation is 1. The van der Waals surface area contributed by atoms with Gasteiger partial charge in [-0.15, -0.1) is 0 Å². The second kappa shape index (κ2) is 7.69. The van der Waals surface area contributed by atoms with E-state index in [1.54, 1.807) is 11.0 Å². The monoisotopic (exact) mass is 411 g/mol. The fourth-order valence-corrected chi connectivity index (χ4v) is 4.40. The summed E-state index contributed by atoms with van der Waals surface area (Å²) in [6, 6.07) is 11.7. The zero-order valence-corrected chi connectivity index (χ0v) is 18.3. The van der Waals surface area contributed by atoms with Gasteiger partial charge in [0.15, 0.2) is 0 Å². The van der Waals surface area contributed by atoms with Gasteiger partial charge in [-0.1, -0.05) is 31.2 Å². The van der Waals surface area contributed by atoms with E-state index < -0.39 is 5.60 Å². The highest BCUT2D eigenvalue weighted by molar-refractivity contribution is 5.69. The van der Waals surface area contributed by atoms with Crippen LogP contribution in [0, 0.1) is 5.82 Å². The average molecular weight is 412 g/mol. The number of rotatable bonds is 2. The molecule has 1 fully saturated rings. The number of benzene rings is 2. The predicted molar refractivity (Wildman–Crippen MR) is 115 cm³/mol. The number of piperidine rings is 1. The van der Waals surface area contributed by atoms with E-state index in [0.29, 0.717) is 26.1 Å². The topological polar surface area (TPSA) is 38.8 Å². The van der Waals surface area contributed by atoms with Crippen molar-refractivity contribution in [1.82, 2.24) is 4.90 Å². The molecule has 4 rings (SSSR count). The molecule has 2 aromatic rings. The first-order valence-electron chi connectivity index (χ1n) is 10.7. The van der Waals surface area contributed by atoms with Crippen LogP contribution in [0.25, 0.3) is 11.1 Å². The van der Waals surface area contributed by atoms with Crippen molar-refractivity contribution in [2.45, 2.75) is 64.8 Å². The van der Waals surface area contributed by atoms with E-state index in [9.17, 15) is 9.18 Å². The molecule has 1 saturated heterocycles. The fraction of sp³-hybridized carbons (Fsp3) is 0.480. The number of likely N-dealkylation sites (tertiary alicyclic amines) is 1. The molecule has 0 aliphatic carbocycles. The predicted octanol–water partition coefficient (Wildman–Crippen LogP) is 5.81. The first-order valence-corrected chi connectivity index (χ1v) is 10.7. The minimum atomic E-state index is -0.500. The van der Waals surface area contributed by atoms with E-state index >= 15 is 0 Å². The van der Waals surface area contributed by atoms with Crippen molar-refractivity contribution in [2.24, 2.45) is 0 Å². The normalized spacial score (nSPS) is 17.8. The summed E-state index contributed by atoms with van der Waals surface area (Å²) in [5.41, 5.74) is 4.06. The number of carbonyl (C=O) groups excluding carboxylic acids is 1. The summed E-state index contributed by atoms with van der Waals surface area (Å²) in [7, 11) is 0. The second-order valence-corrected chi connectivity index (χ2v) is 9.28. The first kappa shape index (κ1) is 20.9. The fourth-order valence-electron chi connectivity index (χ4n) is 4.40. The standard InChI is InChI=1S/C25H30FNO3/c1-5-17-6-7-19(15-22(17)26)18-8-9-20-16-29-25(21(20)14-18)10-12-27(13-11-25)23(28)30-24(2,3)4/h6-9,14-15H,5,10-13,16H2,1-4H3. The van der Waals surface area contributed by atoms with Crippen LogP contribution in [0.3, 0.4) is 0 Å². The molecule has 0 N–H and O–H groups in total. The van der Waals surface area contributed by atoms with E-state index in [2.05, 4.69) is 12.1 Å². The maximum atomic E-state index is 14.3. The van der Waals surface area contributed by atoms with Crippen LogP contribution in [-0.4, -0.2) is 29.7 Å². The molecule has 1 spiro atoms. The van der Waals surface area contributed by atoms with Gasteiger partial charge < -0.3 is 14.4 Å². The van der Waals surface area contributed by atoms with E-state index in [0.717, 1.165) is 29.5 Å². The number of hydrogen-bond acceptors (Lipinski definition) is 3. The zero-order valence-electron chi connectivity index (χ0n) is 18.3. The highest BCUT2D eigenvalue weighted by atomic mass is 19.1. The average Bonchev–Trinajstić information content (AvgIpc) is 3.04. The van der Waals surface area contributed by atoms with Gasteiger partial charge >= 0.3 is 6.09 Å². The van der Waals surface area contributed by atoms with E-state index in [1.807, 2.05) is 45.9 Å². The Labute approximate surface area is 178 Å². The van der Waals surface area contributed by atoms with Gasteiger partial charge in [-0.25, -0.2) is 9.18 Å². The van der Waals surface area contributed by atoms with E-state index in [-0.39, 0.29) is 17.5 Å². The van der Waals surface area contributed by atoms with Crippen LogP contribution in [0.2, 0.25) is 0 Å². The number of nitrogens with zero attached hydrogens (tertiary/aromatic N) is 1. The van der Waals surface area contributed by atoms with Crippen LogP contribution in [-0.2, 0) is 28.1 Å². The van der Waals surface area contributed by atoms with Crippen LogP contribution >= 0.6 is 0 Å². The molecule has 0 aromatic heterocycles. The number of ether oxygens (including phenoxy) is 2. The third-order valence-electron chi connectivity index (χ3n) is 6.09. The molecule has 2 aromatic carbocycles. The molecule has 2 aliphatic heterocycles. The Bertz CT molecular complexity index is 955. The van der Waals surface area contributed by atoms with Crippen molar-refractivity contribution < 1.29 is 18.7 Å². The van der Waals surface area contributed by atoms with Crippen LogP contribution in [0.5, 0.6) is 0 Å². The molecule has 0 unspecified atom stereocenters. The van der Waals surface area contributed by atoms with E-state index in [1.165, 1.54) is 11.1 Å². The van der Waals surface area contributed by atoms with Crippen molar-refractivity contribution in [3.8, 4) is 11.1 Å². The lowest BCUT2D eigenvalue weighted by Gasteiger charge is -2.39. The summed E-state index contributed by atoms with van der Waals surface area (Å²) in [6.07, 6.45) is 1.87. The molecule has 2 aliphatic rings. The highest BCUT2D eigenvalue weighted by Crippen LogP contribution is 2.45. The molecule has 0 atom stereocenters. The molecule has 4 nitrogen and oxygen atoms in total. The van der Waals surface area contributed by atoms with Crippen molar-refractivity contribution >= 4 is 6.09 Å². The third kappa shape index (κ3) is 3.95. The Morgan fingerprint density at radius 2 is 1.80 bits per heavy atom. The van der Waals surface area contributed by atoms with Crippen molar-refractivity contribution in [3.63, 3.8) is 0 Å². The molecule has 2 heterocycles. The van der Waals surface area contributed by atoms with Crippen molar-refractivity contribution in [3.05, 3.63) is 58.9 Å². The summed E-state index contributed by atoms with van der Waals surface area (Å²) < 4.78 is 26.1. The molecule has 1 amide bonds. The SMILES string of the molecule is CCc1ccc(-c2ccc3c(c2)C2(CCN(C(=O)OC(C)(C)C)CC2)OC3)cc1F. The number of carbonyl (C=O) groups is 1. The van der Waals surface area contributed by atoms with Gasteiger partial charge in [0.05, 0.1) is 12.2 Å². The second-order valence-electron chi connectivity index (χ2n) is 9.28. The Morgan fingerprint density at radius 1 is 1.13 bits per heavy atom. The summed E-state index contributed by atoms with van der Waals surface area (Å²) in [5.74, 6) is -0.160. The number of fused-ring (bicyclic) bond motifs is 2. The Kier molecular flexibility index (Phi) is 5.35. The zero-order chi connectivity index (χ0) is 21.5. The number of hydrogen-bond donors (Lipinski definition) is 0. The molecular formula is C25H30FNO3. The van der Waals surface area contributed by atoms with Crippen LogP contribution in [0.4, 0.5) is 9.18 Å². The smallest absolute Gasteiger partial charge is 0.410 e. The molecule has 5 heteroatoms. The summed E-state index contributed by atoms with van der Waals surface area (Å²) in [4.78, 5) is 14.2. The maximum absolute atomic E-state index is 14.3. The maximum Gasteiger partial charge on any atom is 0.410 e. The lowest BCUT2D eigenvalue weighted by Crippen LogP contribution is -2.46. The summed E-state index contributed by atoms with van der Waals surface area (Å²) in [5, 5.41) is 0. The molecular weight excluding hydrogens is 381 g/mol. The van der Waals surface area contributed by atoms with Crippen molar-refractivity contribution in [1.29, 1.82) is 0 Å². The Balaban J connectivity index is 1.55. The summed E-state index contributed by atoms with van der Waals surface area (Å²) >= 11 is 0. The van der Waals surface area contributed by atoms with Gasteiger partial charge in [-0.2, -0.15) is 0 Å². The molecule has 30 heavy (non-hydrogen) atoms. The largest absolute Gasteiger partial charge is 0.444 e. The lowest BCUT2D eigenvalue weighted by atomic mass is 9.82. The van der Waals surface area contributed by atoms with Crippen molar-refractivity contribution in [2.75, 3.05) is 13.1 Å². The molecule has 160 valence electrons. The molecule has 0 saturated carbocycles. The molecule has 0 bridgehead atoms. The van der Waals surface area contributed by atoms with Crippen LogP contribution in [0.1, 0.15) is 57.2 Å². The van der Waals surface area contributed by atoms with Gasteiger partial charge in [0, 0.05) is 13.1 Å². The van der Waals surface area contributed by atoms with Gasteiger partial charge in [0.2, 0.25) is 0 Å².